The van der Waals surface area contributed by atoms with Crippen LogP contribution in [0, 0.1) is 0 Å². The van der Waals surface area contributed by atoms with Gasteiger partial charge in [-0.2, -0.15) is 0 Å². The van der Waals surface area contributed by atoms with Crippen LogP contribution in [0.25, 0.3) is 0 Å². The van der Waals surface area contributed by atoms with Crippen LogP contribution in [-0.2, 0) is 11.3 Å². The standard InChI is InChI=1S/C16H15N5O4S2/c1-24-11-4-2-10(3-5-11)14(23)18-8-13-20-21-16(25-13)27-9-12(22)19-15-17-6-7-26-15/h2-7H,8-9H2,1H3,(H,18,23)(H,17,19,22). The molecule has 140 valence electrons. The molecule has 3 rings (SSSR count). The fraction of sp³-hybridized carbons (Fsp3) is 0.188. The second-order valence-corrected chi connectivity index (χ2v) is 6.87. The monoisotopic (exact) mass is 405 g/mol. The van der Waals surface area contributed by atoms with E-state index in [0.29, 0.717) is 16.4 Å². The number of amides is 2. The molecule has 2 amide bonds. The molecule has 9 nitrogen and oxygen atoms in total. The summed E-state index contributed by atoms with van der Waals surface area (Å²) in [4.78, 5) is 27.8. The smallest absolute Gasteiger partial charge is 0.277 e. The van der Waals surface area contributed by atoms with Crippen molar-refractivity contribution in [2.75, 3.05) is 18.2 Å². The lowest BCUT2D eigenvalue weighted by Crippen LogP contribution is -2.22. The van der Waals surface area contributed by atoms with Crippen molar-refractivity contribution in [3.63, 3.8) is 0 Å². The molecule has 0 atom stereocenters. The first-order valence-electron chi connectivity index (χ1n) is 7.71. The molecule has 0 aliphatic heterocycles. The zero-order valence-corrected chi connectivity index (χ0v) is 15.8. The van der Waals surface area contributed by atoms with E-state index in [-0.39, 0.29) is 35.2 Å². The maximum atomic E-state index is 12.1. The predicted octanol–water partition coefficient (Wildman–Crippen LogP) is 2.20. The number of thiazole rings is 1. The number of nitrogens with zero attached hydrogens (tertiary/aromatic N) is 3. The SMILES string of the molecule is COc1ccc(C(=O)NCc2nnc(SCC(=O)Nc3nccs3)o2)cc1. The van der Waals surface area contributed by atoms with Crippen molar-refractivity contribution in [3.8, 4) is 5.75 Å². The van der Waals surface area contributed by atoms with Crippen molar-refractivity contribution in [1.82, 2.24) is 20.5 Å². The van der Waals surface area contributed by atoms with Crippen molar-refractivity contribution in [1.29, 1.82) is 0 Å². The average Bonchev–Trinajstić information content (AvgIpc) is 3.36. The highest BCUT2D eigenvalue weighted by Gasteiger charge is 2.12. The van der Waals surface area contributed by atoms with E-state index in [0.717, 1.165) is 11.8 Å². The van der Waals surface area contributed by atoms with Crippen LogP contribution in [0.2, 0.25) is 0 Å². The predicted molar refractivity (Wildman–Crippen MR) is 99.9 cm³/mol. The second kappa shape index (κ2) is 9.14. The van der Waals surface area contributed by atoms with Gasteiger partial charge in [0, 0.05) is 17.1 Å². The Labute approximate surface area is 162 Å². The van der Waals surface area contributed by atoms with Gasteiger partial charge in [0.05, 0.1) is 19.4 Å². The van der Waals surface area contributed by atoms with Crippen LogP contribution >= 0.6 is 23.1 Å². The van der Waals surface area contributed by atoms with Gasteiger partial charge in [-0.3, -0.25) is 9.59 Å². The Balaban J connectivity index is 1.44. The molecule has 0 saturated carbocycles. The number of aromatic nitrogens is 3. The first kappa shape index (κ1) is 18.9. The van der Waals surface area contributed by atoms with Crippen LogP contribution in [0.4, 0.5) is 5.13 Å². The highest BCUT2D eigenvalue weighted by atomic mass is 32.2. The number of carbonyl (C=O) groups is 2. The first-order chi connectivity index (χ1) is 13.1. The van der Waals surface area contributed by atoms with Crippen LogP contribution in [0.1, 0.15) is 16.2 Å². The van der Waals surface area contributed by atoms with E-state index in [4.69, 9.17) is 9.15 Å². The molecule has 0 fully saturated rings. The Bertz CT molecular complexity index is 896. The lowest BCUT2D eigenvalue weighted by Gasteiger charge is -2.04. The van der Waals surface area contributed by atoms with Gasteiger partial charge in [0.1, 0.15) is 5.75 Å². The van der Waals surface area contributed by atoms with Gasteiger partial charge in [0.25, 0.3) is 11.1 Å². The number of anilines is 1. The van der Waals surface area contributed by atoms with Gasteiger partial charge in [-0.1, -0.05) is 11.8 Å². The van der Waals surface area contributed by atoms with Gasteiger partial charge in [0.2, 0.25) is 11.8 Å². The van der Waals surface area contributed by atoms with Crippen LogP contribution in [-0.4, -0.2) is 39.9 Å². The number of carbonyl (C=O) groups excluding carboxylic acids is 2. The van der Waals surface area contributed by atoms with Gasteiger partial charge >= 0.3 is 0 Å². The maximum absolute atomic E-state index is 12.1. The molecule has 2 aromatic heterocycles. The van der Waals surface area contributed by atoms with E-state index in [9.17, 15) is 9.59 Å². The molecule has 0 unspecified atom stereocenters. The summed E-state index contributed by atoms with van der Waals surface area (Å²) < 4.78 is 10.5. The number of thioether (sulfide) groups is 1. The molecule has 0 spiro atoms. The van der Waals surface area contributed by atoms with Gasteiger partial charge in [0.15, 0.2) is 5.13 Å². The molecule has 0 aliphatic rings. The highest BCUT2D eigenvalue weighted by molar-refractivity contribution is 7.99. The Morgan fingerprint density at radius 2 is 2.07 bits per heavy atom. The minimum absolute atomic E-state index is 0.0870. The van der Waals surface area contributed by atoms with Crippen LogP contribution in [0.3, 0.4) is 0 Å². The van der Waals surface area contributed by atoms with Crippen molar-refractivity contribution in [2.24, 2.45) is 0 Å². The van der Waals surface area contributed by atoms with E-state index in [1.165, 1.54) is 11.3 Å². The fourth-order valence-corrected chi connectivity index (χ4v) is 3.06. The number of hydrogen-bond acceptors (Lipinski definition) is 9. The highest BCUT2D eigenvalue weighted by Crippen LogP contribution is 2.17. The fourth-order valence-electron chi connectivity index (χ4n) is 1.94. The molecular formula is C16H15N5O4S2. The third-order valence-electron chi connectivity index (χ3n) is 3.21. The Morgan fingerprint density at radius 3 is 2.78 bits per heavy atom. The lowest BCUT2D eigenvalue weighted by molar-refractivity contribution is -0.113. The first-order valence-corrected chi connectivity index (χ1v) is 9.57. The van der Waals surface area contributed by atoms with E-state index >= 15 is 0 Å². The summed E-state index contributed by atoms with van der Waals surface area (Å²) in [5.41, 5.74) is 0.490. The average molecular weight is 405 g/mol. The number of hydrogen-bond donors (Lipinski definition) is 2. The van der Waals surface area contributed by atoms with Gasteiger partial charge in [-0.15, -0.1) is 21.5 Å². The number of benzene rings is 1. The van der Waals surface area contributed by atoms with E-state index in [1.54, 1.807) is 43.0 Å². The number of rotatable bonds is 8. The van der Waals surface area contributed by atoms with Crippen molar-refractivity contribution < 1.29 is 18.7 Å². The molecule has 11 heteroatoms. The largest absolute Gasteiger partial charge is 0.497 e. The molecule has 1 aromatic carbocycles. The van der Waals surface area contributed by atoms with Gasteiger partial charge in [-0.05, 0) is 24.3 Å². The molecule has 2 N–H and O–H groups in total. The van der Waals surface area contributed by atoms with Crippen molar-refractivity contribution >= 4 is 40.0 Å². The Kier molecular flexibility index (Phi) is 6.39. The Hall–Kier alpha value is -2.92. The molecule has 0 bridgehead atoms. The minimum Gasteiger partial charge on any atom is -0.497 e. The molecule has 0 aliphatic carbocycles. The third kappa shape index (κ3) is 5.53. The lowest BCUT2D eigenvalue weighted by atomic mass is 10.2. The molecule has 3 aromatic rings. The summed E-state index contributed by atoms with van der Waals surface area (Å²) in [6, 6.07) is 6.72. The van der Waals surface area contributed by atoms with Crippen molar-refractivity contribution in [2.45, 2.75) is 11.8 Å². The van der Waals surface area contributed by atoms with Crippen LogP contribution < -0.4 is 15.4 Å². The zero-order chi connectivity index (χ0) is 19.1. The summed E-state index contributed by atoms with van der Waals surface area (Å²) in [6.07, 6.45) is 1.61. The normalized spacial score (nSPS) is 10.4. The summed E-state index contributed by atoms with van der Waals surface area (Å²) in [5.74, 6) is 0.540. The van der Waals surface area contributed by atoms with Gasteiger partial charge in [-0.25, -0.2) is 4.98 Å². The van der Waals surface area contributed by atoms with Crippen LogP contribution in [0.5, 0.6) is 5.75 Å². The van der Waals surface area contributed by atoms with E-state index < -0.39 is 0 Å². The zero-order valence-electron chi connectivity index (χ0n) is 14.2. The number of methoxy groups -OCH3 is 1. The molecular weight excluding hydrogens is 390 g/mol. The van der Waals surface area contributed by atoms with Crippen molar-refractivity contribution in [3.05, 3.63) is 47.3 Å². The summed E-state index contributed by atoms with van der Waals surface area (Å²) >= 11 is 2.44. The summed E-state index contributed by atoms with van der Waals surface area (Å²) in [7, 11) is 1.56. The van der Waals surface area contributed by atoms with E-state index in [2.05, 4.69) is 25.8 Å². The van der Waals surface area contributed by atoms with E-state index in [1.807, 2.05) is 0 Å². The minimum atomic E-state index is -0.270. The van der Waals surface area contributed by atoms with Gasteiger partial charge < -0.3 is 19.8 Å². The molecule has 0 radical (unpaired) electrons. The molecule has 0 saturated heterocycles. The summed E-state index contributed by atoms with van der Waals surface area (Å²) in [5, 5.41) is 15.6. The second-order valence-electron chi connectivity index (χ2n) is 5.05. The topological polar surface area (TPSA) is 119 Å². The summed E-state index contributed by atoms with van der Waals surface area (Å²) in [6.45, 7) is 0.0870. The third-order valence-corrected chi connectivity index (χ3v) is 4.71. The van der Waals surface area contributed by atoms with Crippen LogP contribution in [0.15, 0.2) is 45.5 Å². The number of ether oxygens (including phenoxy) is 1. The quantitative estimate of drug-likeness (QED) is 0.548. The number of nitrogens with one attached hydrogen (secondary N) is 2. The maximum Gasteiger partial charge on any atom is 0.277 e. The molecule has 2 heterocycles. The molecule has 27 heavy (non-hydrogen) atoms. The Morgan fingerprint density at radius 1 is 1.26 bits per heavy atom.